The van der Waals surface area contributed by atoms with Crippen molar-refractivity contribution < 1.29 is 4.52 Å². The molecule has 4 atom stereocenters. The summed E-state index contributed by atoms with van der Waals surface area (Å²) in [5.74, 6) is 8.08. The molecule has 0 bridgehead atoms. The van der Waals surface area contributed by atoms with E-state index in [1.807, 2.05) is 19.1 Å². The van der Waals surface area contributed by atoms with Crippen LogP contribution in [0.4, 0.5) is 0 Å². The molecule has 0 aromatic carbocycles. The van der Waals surface area contributed by atoms with Crippen LogP contribution in [0.3, 0.4) is 0 Å². The molecule has 1 fully saturated rings. The lowest BCUT2D eigenvalue weighted by Gasteiger charge is -1.98. The molecule has 1 rings (SSSR count). The summed E-state index contributed by atoms with van der Waals surface area (Å²) in [6.45, 7) is 4.25. The highest BCUT2D eigenvalue weighted by Crippen LogP contribution is 2.43. The molecule has 0 aliphatic heterocycles. The summed E-state index contributed by atoms with van der Waals surface area (Å²) in [6, 6.07) is 0. The van der Waals surface area contributed by atoms with E-state index in [0.717, 1.165) is 18.3 Å². The van der Waals surface area contributed by atoms with Gasteiger partial charge in [0.05, 0.1) is 6.10 Å². The van der Waals surface area contributed by atoms with Gasteiger partial charge in [-0.1, -0.05) is 25.2 Å². The Bertz CT molecular complexity index is 249. The van der Waals surface area contributed by atoms with Crippen molar-refractivity contribution in [3.05, 3.63) is 12.2 Å². The Morgan fingerprint density at radius 2 is 2.36 bits per heavy atom. The van der Waals surface area contributed by atoms with Gasteiger partial charge in [-0.2, -0.15) is 0 Å². The average Bonchev–Trinajstić information content (AvgIpc) is 2.95. The fourth-order valence-corrected chi connectivity index (χ4v) is 1.63. The van der Waals surface area contributed by atoms with E-state index in [2.05, 4.69) is 28.2 Å². The van der Waals surface area contributed by atoms with Gasteiger partial charge in [0.25, 0.3) is 0 Å². The van der Waals surface area contributed by atoms with E-state index >= 15 is 0 Å². The van der Waals surface area contributed by atoms with Crippen LogP contribution >= 0.6 is 9.47 Å². The SMILES string of the molecule is CC[C@@H]1C[C@@H]1CC#C/C=C/C(C)OP. The zero-order valence-electron chi connectivity index (χ0n) is 8.99. The van der Waals surface area contributed by atoms with Gasteiger partial charge < -0.3 is 4.52 Å². The van der Waals surface area contributed by atoms with Gasteiger partial charge in [-0.15, -0.1) is 0 Å². The van der Waals surface area contributed by atoms with Gasteiger partial charge >= 0.3 is 0 Å². The number of rotatable bonds is 4. The second kappa shape index (κ2) is 6.23. The lowest BCUT2D eigenvalue weighted by molar-refractivity contribution is 0.319. The zero-order valence-corrected chi connectivity index (χ0v) is 10.1. The first-order chi connectivity index (χ1) is 6.77. The summed E-state index contributed by atoms with van der Waals surface area (Å²) in [5, 5.41) is 0. The van der Waals surface area contributed by atoms with Gasteiger partial charge in [0.15, 0.2) is 0 Å². The Hall–Kier alpha value is -0.310. The van der Waals surface area contributed by atoms with Crippen LogP contribution in [0.25, 0.3) is 0 Å². The molecule has 1 aliphatic rings. The summed E-state index contributed by atoms with van der Waals surface area (Å²) >= 11 is 0. The lowest BCUT2D eigenvalue weighted by Crippen LogP contribution is -1.93. The highest BCUT2D eigenvalue weighted by molar-refractivity contribution is 7.09. The van der Waals surface area contributed by atoms with E-state index in [1.54, 1.807) is 0 Å². The molecule has 0 N–H and O–H groups in total. The van der Waals surface area contributed by atoms with Crippen LogP contribution in [0.2, 0.25) is 0 Å². The highest BCUT2D eigenvalue weighted by atomic mass is 31.0. The number of allylic oxidation sites excluding steroid dienone is 1. The van der Waals surface area contributed by atoms with Crippen LogP contribution in [-0.2, 0) is 4.52 Å². The first kappa shape index (κ1) is 11.8. The molecular weight excluding hydrogens is 191 g/mol. The fraction of sp³-hybridized carbons (Fsp3) is 0.667. The second-order valence-corrected chi connectivity index (χ2v) is 4.16. The number of hydrogen-bond donors (Lipinski definition) is 0. The van der Waals surface area contributed by atoms with E-state index < -0.39 is 0 Å². The van der Waals surface area contributed by atoms with Crippen molar-refractivity contribution in [1.29, 1.82) is 0 Å². The van der Waals surface area contributed by atoms with Crippen LogP contribution in [0.15, 0.2) is 12.2 Å². The normalized spacial score (nSPS) is 27.1. The summed E-state index contributed by atoms with van der Waals surface area (Å²) < 4.78 is 4.99. The second-order valence-electron chi connectivity index (χ2n) is 3.89. The first-order valence-corrected chi connectivity index (χ1v) is 5.75. The van der Waals surface area contributed by atoms with Gasteiger partial charge in [-0.25, -0.2) is 0 Å². The first-order valence-electron chi connectivity index (χ1n) is 5.28. The molecule has 2 unspecified atom stereocenters. The molecule has 1 nitrogen and oxygen atoms in total. The topological polar surface area (TPSA) is 9.23 Å². The molecule has 0 saturated heterocycles. The molecule has 0 amide bonds. The molecule has 1 aliphatic carbocycles. The summed E-state index contributed by atoms with van der Waals surface area (Å²) in [5.41, 5.74) is 0. The summed E-state index contributed by atoms with van der Waals surface area (Å²) in [4.78, 5) is 0. The van der Waals surface area contributed by atoms with E-state index in [0.29, 0.717) is 0 Å². The predicted molar refractivity (Wildman–Crippen MR) is 63.7 cm³/mol. The molecule has 0 spiro atoms. The summed E-state index contributed by atoms with van der Waals surface area (Å²) in [7, 11) is 2.25. The molecule has 0 aromatic heterocycles. The average molecular weight is 210 g/mol. The van der Waals surface area contributed by atoms with E-state index in [9.17, 15) is 0 Å². The van der Waals surface area contributed by atoms with Crippen LogP contribution in [0.1, 0.15) is 33.1 Å². The maximum atomic E-state index is 4.99. The Balaban J connectivity index is 2.12. The minimum atomic E-state index is 0.138. The maximum Gasteiger partial charge on any atom is 0.0772 e. The largest absolute Gasteiger partial charge is 0.359 e. The van der Waals surface area contributed by atoms with Crippen LogP contribution < -0.4 is 0 Å². The van der Waals surface area contributed by atoms with Crippen molar-refractivity contribution in [2.24, 2.45) is 11.8 Å². The van der Waals surface area contributed by atoms with Crippen molar-refractivity contribution >= 4 is 9.47 Å². The van der Waals surface area contributed by atoms with Crippen molar-refractivity contribution in [3.63, 3.8) is 0 Å². The minimum Gasteiger partial charge on any atom is -0.359 e. The lowest BCUT2D eigenvalue weighted by atomic mass is 10.2. The Kier molecular flexibility index (Phi) is 5.23. The molecule has 78 valence electrons. The molecule has 2 heteroatoms. The fourth-order valence-electron chi connectivity index (χ4n) is 1.54. The molecular formula is C12H19OP. The molecule has 1 saturated carbocycles. The van der Waals surface area contributed by atoms with Crippen molar-refractivity contribution in [1.82, 2.24) is 0 Å². The molecule has 0 aromatic rings. The van der Waals surface area contributed by atoms with Crippen LogP contribution in [-0.4, -0.2) is 6.10 Å². The van der Waals surface area contributed by atoms with Crippen molar-refractivity contribution in [3.8, 4) is 11.8 Å². The predicted octanol–water partition coefficient (Wildman–Crippen LogP) is 3.18. The summed E-state index contributed by atoms with van der Waals surface area (Å²) in [6.07, 6.45) is 7.76. The Labute approximate surface area is 89.6 Å². The third kappa shape index (κ3) is 4.27. The van der Waals surface area contributed by atoms with Crippen molar-refractivity contribution in [2.45, 2.75) is 39.2 Å². The standard InChI is InChI=1S/C12H19OP/c1-3-11-9-12(11)8-6-4-5-7-10(2)13-14/h5,7,10-12H,3,8-9,14H2,1-2H3/b7-5+/t10?,11-,12+/m1/s1. The third-order valence-electron chi connectivity index (χ3n) is 2.72. The van der Waals surface area contributed by atoms with Crippen molar-refractivity contribution in [2.75, 3.05) is 0 Å². The van der Waals surface area contributed by atoms with E-state index in [1.165, 1.54) is 12.8 Å². The van der Waals surface area contributed by atoms with Gasteiger partial charge in [0.1, 0.15) is 0 Å². The third-order valence-corrected chi connectivity index (χ3v) is 3.15. The molecule has 14 heavy (non-hydrogen) atoms. The van der Waals surface area contributed by atoms with Crippen LogP contribution in [0.5, 0.6) is 0 Å². The molecule has 0 heterocycles. The van der Waals surface area contributed by atoms with Gasteiger partial charge in [0.2, 0.25) is 0 Å². The Morgan fingerprint density at radius 1 is 1.57 bits per heavy atom. The van der Waals surface area contributed by atoms with Gasteiger partial charge in [0, 0.05) is 15.9 Å². The number of hydrogen-bond acceptors (Lipinski definition) is 1. The zero-order chi connectivity index (χ0) is 10.4. The highest BCUT2D eigenvalue weighted by Gasteiger charge is 2.33. The molecule has 0 radical (unpaired) electrons. The van der Waals surface area contributed by atoms with Gasteiger partial charge in [-0.05, 0) is 37.3 Å². The monoisotopic (exact) mass is 210 g/mol. The Morgan fingerprint density at radius 3 is 2.93 bits per heavy atom. The van der Waals surface area contributed by atoms with E-state index in [4.69, 9.17) is 4.52 Å². The smallest absolute Gasteiger partial charge is 0.0772 e. The quantitative estimate of drug-likeness (QED) is 0.511. The van der Waals surface area contributed by atoms with Gasteiger partial charge in [-0.3, -0.25) is 0 Å². The van der Waals surface area contributed by atoms with Crippen LogP contribution in [0, 0.1) is 23.7 Å². The maximum absolute atomic E-state index is 4.99. The minimum absolute atomic E-state index is 0.138. The van der Waals surface area contributed by atoms with E-state index in [-0.39, 0.29) is 6.10 Å².